The average Bonchev–Trinajstić information content (AvgIpc) is 3.10. The second-order valence-electron chi connectivity index (χ2n) is 4.72. The van der Waals surface area contributed by atoms with Crippen molar-refractivity contribution in [2.75, 3.05) is 24.3 Å². The number of carbonyl (C=O) groups excluding carboxylic acids is 1. The lowest BCUT2D eigenvalue weighted by atomic mass is 10.2. The van der Waals surface area contributed by atoms with E-state index >= 15 is 0 Å². The number of hydrogen-bond donors (Lipinski definition) is 3. The van der Waals surface area contributed by atoms with E-state index in [-0.39, 0.29) is 17.8 Å². The maximum atomic E-state index is 12.1. The van der Waals surface area contributed by atoms with E-state index in [0.717, 1.165) is 12.8 Å². The number of aromatic nitrogens is 1. The van der Waals surface area contributed by atoms with Gasteiger partial charge < -0.3 is 21.1 Å². The summed E-state index contributed by atoms with van der Waals surface area (Å²) in [6.07, 6.45) is 2.10. The van der Waals surface area contributed by atoms with Crippen LogP contribution in [0.2, 0.25) is 0 Å². The van der Waals surface area contributed by atoms with Gasteiger partial charge in [0.05, 0.1) is 6.61 Å². The second kappa shape index (κ2) is 6.21. The van der Waals surface area contributed by atoms with Gasteiger partial charge in [0.2, 0.25) is 0 Å². The molecular weight excluding hydrogens is 264 g/mol. The van der Waals surface area contributed by atoms with Crippen LogP contribution in [0.15, 0.2) is 0 Å². The second-order valence-corrected chi connectivity index (χ2v) is 5.50. The number of anilines is 2. The Morgan fingerprint density at radius 1 is 1.63 bits per heavy atom. The predicted octanol–water partition coefficient (Wildman–Crippen LogP) is 1.45. The van der Waals surface area contributed by atoms with Crippen LogP contribution in [-0.4, -0.2) is 35.6 Å². The van der Waals surface area contributed by atoms with E-state index in [9.17, 15) is 4.79 Å². The first-order chi connectivity index (χ1) is 9.11. The van der Waals surface area contributed by atoms with Crippen molar-refractivity contribution in [2.45, 2.75) is 38.8 Å². The minimum atomic E-state index is -0.139. The largest absolute Gasteiger partial charge is 0.382 e. The highest BCUT2D eigenvalue weighted by atomic mass is 32.1. The predicted molar refractivity (Wildman–Crippen MR) is 76.6 cm³/mol. The van der Waals surface area contributed by atoms with Gasteiger partial charge in [-0.3, -0.25) is 4.79 Å². The van der Waals surface area contributed by atoms with Gasteiger partial charge in [-0.1, -0.05) is 0 Å². The molecule has 1 aliphatic rings. The van der Waals surface area contributed by atoms with Crippen molar-refractivity contribution >= 4 is 28.3 Å². The molecule has 106 valence electrons. The third-order valence-corrected chi connectivity index (χ3v) is 3.60. The topological polar surface area (TPSA) is 89.3 Å². The molecule has 0 bridgehead atoms. The van der Waals surface area contributed by atoms with Crippen LogP contribution in [0, 0.1) is 0 Å². The molecule has 1 fully saturated rings. The maximum Gasteiger partial charge on any atom is 0.258 e. The summed E-state index contributed by atoms with van der Waals surface area (Å²) in [6, 6.07) is 0.410. The van der Waals surface area contributed by atoms with Crippen molar-refractivity contribution in [3.63, 3.8) is 0 Å². The van der Waals surface area contributed by atoms with E-state index in [4.69, 9.17) is 10.5 Å². The Labute approximate surface area is 116 Å². The molecular formula is C12H20N4O2S. The molecule has 0 aromatic carbocycles. The lowest BCUT2D eigenvalue weighted by Crippen LogP contribution is -2.28. The van der Waals surface area contributed by atoms with Crippen LogP contribution in [0.1, 0.15) is 37.0 Å². The molecule has 0 spiro atoms. The molecule has 0 aliphatic heterocycles. The van der Waals surface area contributed by atoms with E-state index in [1.165, 1.54) is 11.5 Å². The van der Waals surface area contributed by atoms with Gasteiger partial charge in [0.15, 0.2) is 5.82 Å². The zero-order valence-electron chi connectivity index (χ0n) is 11.2. The van der Waals surface area contributed by atoms with Crippen molar-refractivity contribution in [1.29, 1.82) is 0 Å². The Balaban J connectivity index is 2.01. The first-order valence-electron chi connectivity index (χ1n) is 6.52. The van der Waals surface area contributed by atoms with Gasteiger partial charge in [0, 0.05) is 18.7 Å². The summed E-state index contributed by atoms with van der Waals surface area (Å²) in [5, 5.41) is 6.87. The van der Waals surface area contributed by atoms with E-state index in [2.05, 4.69) is 15.0 Å². The third-order valence-electron chi connectivity index (χ3n) is 2.81. The zero-order chi connectivity index (χ0) is 13.8. The van der Waals surface area contributed by atoms with Gasteiger partial charge in [0.1, 0.15) is 10.6 Å². The van der Waals surface area contributed by atoms with Gasteiger partial charge in [0.25, 0.3) is 5.91 Å². The Morgan fingerprint density at radius 2 is 2.37 bits per heavy atom. The number of nitrogens with two attached hydrogens (primary N) is 1. The standard InChI is InChI=1S/C12H20N4O2S/c1-3-18-6-7(2)14-12-9(10(13)16-19-12)11(17)15-8-4-5-8/h7-8,14H,3-6H2,1-2H3,(H2,13,16)(H,15,17). The molecule has 7 heteroatoms. The van der Waals surface area contributed by atoms with Crippen molar-refractivity contribution < 1.29 is 9.53 Å². The first kappa shape index (κ1) is 14.1. The van der Waals surface area contributed by atoms with E-state index in [0.29, 0.717) is 29.8 Å². The summed E-state index contributed by atoms with van der Waals surface area (Å²) >= 11 is 1.21. The van der Waals surface area contributed by atoms with E-state index in [1.807, 2.05) is 13.8 Å². The summed E-state index contributed by atoms with van der Waals surface area (Å²) in [5.41, 5.74) is 6.24. The highest BCUT2D eigenvalue weighted by molar-refractivity contribution is 7.11. The summed E-state index contributed by atoms with van der Waals surface area (Å²) in [7, 11) is 0. The lowest BCUT2D eigenvalue weighted by molar-refractivity contribution is 0.0952. The molecule has 1 aliphatic carbocycles. The van der Waals surface area contributed by atoms with E-state index in [1.54, 1.807) is 0 Å². The lowest BCUT2D eigenvalue weighted by Gasteiger charge is -2.14. The van der Waals surface area contributed by atoms with Gasteiger partial charge in [-0.2, -0.15) is 4.37 Å². The number of ether oxygens (including phenoxy) is 1. The molecule has 1 aromatic rings. The molecule has 1 atom stereocenters. The van der Waals surface area contributed by atoms with Crippen molar-refractivity contribution in [3.8, 4) is 0 Å². The highest BCUT2D eigenvalue weighted by Crippen LogP contribution is 2.29. The van der Waals surface area contributed by atoms with Crippen molar-refractivity contribution in [2.24, 2.45) is 0 Å². The fourth-order valence-corrected chi connectivity index (χ4v) is 2.49. The minimum Gasteiger partial charge on any atom is -0.382 e. The quantitative estimate of drug-likeness (QED) is 0.705. The number of amides is 1. The molecule has 1 aromatic heterocycles. The molecule has 1 amide bonds. The number of nitrogens with zero attached hydrogens (tertiary/aromatic N) is 1. The van der Waals surface area contributed by atoms with Gasteiger partial charge >= 0.3 is 0 Å². The number of nitrogens with one attached hydrogen (secondary N) is 2. The van der Waals surface area contributed by atoms with E-state index < -0.39 is 0 Å². The normalized spacial score (nSPS) is 16.1. The Kier molecular flexibility index (Phi) is 4.60. The smallest absolute Gasteiger partial charge is 0.258 e. The number of hydrogen-bond acceptors (Lipinski definition) is 6. The van der Waals surface area contributed by atoms with Crippen LogP contribution in [-0.2, 0) is 4.74 Å². The fourth-order valence-electron chi connectivity index (χ4n) is 1.67. The molecule has 1 heterocycles. The van der Waals surface area contributed by atoms with Crippen LogP contribution < -0.4 is 16.4 Å². The summed E-state index contributed by atoms with van der Waals surface area (Å²) in [4.78, 5) is 12.1. The number of carbonyl (C=O) groups is 1. The molecule has 4 N–H and O–H groups in total. The summed E-state index contributed by atoms with van der Waals surface area (Å²) < 4.78 is 9.39. The van der Waals surface area contributed by atoms with Crippen LogP contribution in [0.25, 0.3) is 0 Å². The Hall–Kier alpha value is -1.34. The minimum absolute atomic E-state index is 0.104. The first-order valence-corrected chi connectivity index (χ1v) is 7.29. The van der Waals surface area contributed by atoms with Crippen molar-refractivity contribution in [1.82, 2.24) is 9.69 Å². The molecule has 19 heavy (non-hydrogen) atoms. The van der Waals surface area contributed by atoms with Gasteiger partial charge in [-0.15, -0.1) is 0 Å². The number of nitrogen functional groups attached to an aromatic ring is 1. The molecule has 1 unspecified atom stereocenters. The summed E-state index contributed by atoms with van der Waals surface area (Å²) in [5.74, 6) is 0.147. The van der Waals surface area contributed by atoms with Gasteiger partial charge in [-0.05, 0) is 38.2 Å². The third kappa shape index (κ3) is 3.81. The van der Waals surface area contributed by atoms with Crippen LogP contribution in [0.5, 0.6) is 0 Å². The Morgan fingerprint density at radius 3 is 3.00 bits per heavy atom. The Bertz CT molecular complexity index is 445. The summed E-state index contributed by atoms with van der Waals surface area (Å²) in [6.45, 7) is 5.20. The fraction of sp³-hybridized carbons (Fsp3) is 0.667. The molecule has 1 saturated carbocycles. The molecule has 0 saturated heterocycles. The highest BCUT2D eigenvalue weighted by Gasteiger charge is 2.27. The molecule has 6 nitrogen and oxygen atoms in total. The SMILES string of the molecule is CCOCC(C)Nc1snc(N)c1C(=O)NC1CC1. The van der Waals surface area contributed by atoms with Crippen LogP contribution >= 0.6 is 11.5 Å². The number of rotatable bonds is 7. The van der Waals surface area contributed by atoms with Crippen molar-refractivity contribution in [3.05, 3.63) is 5.56 Å². The average molecular weight is 284 g/mol. The van der Waals surface area contributed by atoms with Crippen LogP contribution in [0.4, 0.5) is 10.8 Å². The van der Waals surface area contributed by atoms with Gasteiger partial charge in [-0.25, -0.2) is 0 Å². The molecule has 2 rings (SSSR count). The zero-order valence-corrected chi connectivity index (χ0v) is 12.0. The maximum absolute atomic E-state index is 12.1. The molecule has 0 radical (unpaired) electrons. The van der Waals surface area contributed by atoms with Crippen LogP contribution in [0.3, 0.4) is 0 Å². The monoisotopic (exact) mass is 284 g/mol.